The first-order valence-electron chi connectivity index (χ1n) is 9.57. The predicted molar refractivity (Wildman–Crippen MR) is 115 cm³/mol. The molecular weight excluding hydrogens is 407 g/mol. The fourth-order valence-corrected chi connectivity index (χ4v) is 3.47. The number of nitrogens with zero attached hydrogens (tertiary/aromatic N) is 4. The minimum atomic E-state index is -0.492. The zero-order chi connectivity index (χ0) is 21.4. The van der Waals surface area contributed by atoms with E-state index in [0.717, 1.165) is 12.8 Å². The van der Waals surface area contributed by atoms with Crippen LogP contribution in [0.25, 0.3) is 11.4 Å². The van der Waals surface area contributed by atoms with Gasteiger partial charge in [-0.05, 0) is 37.1 Å². The number of halogens is 2. The molecule has 2 aromatic rings. The third kappa shape index (κ3) is 4.09. The number of primary amides is 1. The van der Waals surface area contributed by atoms with E-state index in [1.807, 2.05) is 31.3 Å². The molecule has 4 rings (SSSR count). The lowest BCUT2D eigenvalue weighted by atomic mass is 10.1. The lowest BCUT2D eigenvalue weighted by Crippen LogP contribution is -2.33. The Kier molecular flexibility index (Phi) is 5.34. The Morgan fingerprint density at radius 3 is 2.80 bits per heavy atom. The van der Waals surface area contributed by atoms with Gasteiger partial charge in [0, 0.05) is 31.4 Å². The Morgan fingerprint density at radius 1 is 1.37 bits per heavy atom. The quantitative estimate of drug-likeness (QED) is 0.735. The molecule has 2 heterocycles. The summed E-state index contributed by atoms with van der Waals surface area (Å²) < 4.78 is 14.3. The molecule has 1 saturated carbocycles. The average Bonchev–Trinajstić information content (AvgIpc) is 3.55. The van der Waals surface area contributed by atoms with Crippen LogP contribution in [0, 0.1) is 5.82 Å². The monoisotopic (exact) mass is 428 g/mol. The number of hydrogen-bond acceptors (Lipinski definition) is 6. The molecule has 0 unspecified atom stereocenters. The molecule has 1 amide bonds. The predicted octanol–water partition coefficient (Wildman–Crippen LogP) is 3.15. The van der Waals surface area contributed by atoms with Crippen molar-refractivity contribution in [1.82, 2.24) is 14.9 Å². The molecule has 7 nitrogen and oxygen atoms in total. The molecule has 0 bridgehead atoms. The molecule has 0 atom stereocenters. The number of carbonyl (C=O) groups is 1. The van der Waals surface area contributed by atoms with Crippen molar-refractivity contribution in [3.05, 3.63) is 58.8 Å². The first kappa shape index (κ1) is 20.2. The summed E-state index contributed by atoms with van der Waals surface area (Å²) in [5, 5.41) is 3.59. The molecule has 1 aromatic heterocycles. The SMILES string of the molecule is CN(C)c1cnc(-c2cc(Cl)ccc2F)nc1NC1=C(C(N)=O)CN(C2CC2)C=C1. The molecule has 3 N–H and O–H groups in total. The van der Waals surface area contributed by atoms with Gasteiger partial charge in [-0.2, -0.15) is 0 Å². The normalized spacial score (nSPS) is 16.1. The highest BCUT2D eigenvalue weighted by Crippen LogP contribution is 2.32. The highest BCUT2D eigenvalue weighted by atomic mass is 35.5. The number of amides is 1. The first-order valence-corrected chi connectivity index (χ1v) is 9.95. The van der Waals surface area contributed by atoms with Crippen molar-refractivity contribution in [2.75, 3.05) is 30.9 Å². The Hall–Kier alpha value is -3.13. The summed E-state index contributed by atoms with van der Waals surface area (Å²) in [6, 6.07) is 4.69. The lowest BCUT2D eigenvalue weighted by molar-refractivity contribution is -0.114. The number of aromatic nitrogens is 2. The molecule has 0 saturated heterocycles. The number of benzene rings is 1. The van der Waals surface area contributed by atoms with Gasteiger partial charge in [0.15, 0.2) is 11.6 Å². The maximum atomic E-state index is 14.3. The van der Waals surface area contributed by atoms with E-state index in [4.69, 9.17) is 17.3 Å². The molecule has 2 aliphatic rings. The van der Waals surface area contributed by atoms with Crippen molar-refractivity contribution in [3.63, 3.8) is 0 Å². The summed E-state index contributed by atoms with van der Waals surface area (Å²) in [4.78, 5) is 24.9. The van der Waals surface area contributed by atoms with E-state index in [9.17, 15) is 9.18 Å². The van der Waals surface area contributed by atoms with Gasteiger partial charge in [0.2, 0.25) is 5.91 Å². The number of anilines is 2. The number of allylic oxidation sites excluding steroid dienone is 1. The third-order valence-corrected chi connectivity index (χ3v) is 5.32. The molecule has 0 radical (unpaired) electrons. The number of nitrogens with two attached hydrogens (primary N) is 1. The number of carbonyl (C=O) groups excluding carboxylic acids is 1. The standard InChI is InChI=1S/C21H22ClFN6O/c1-28(2)18-10-25-20(14-9-12(22)3-6-16(14)23)27-21(18)26-17-7-8-29(13-4-5-13)11-15(17)19(24)30/h3,6-10,13H,4-5,11H2,1-2H3,(H2,24,30)(H,25,26,27). The van der Waals surface area contributed by atoms with Crippen LogP contribution in [0.3, 0.4) is 0 Å². The molecule has 9 heteroatoms. The van der Waals surface area contributed by atoms with Gasteiger partial charge in [-0.15, -0.1) is 0 Å². The average molecular weight is 429 g/mol. The van der Waals surface area contributed by atoms with E-state index in [0.29, 0.717) is 40.4 Å². The molecule has 1 aliphatic heterocycles. The van der Waals surface area contributed by atoms with Crippen LogP contribution in [0.15, 0.2) is 47.9 Å². The molecule has 1 aromatic carbocycles. The van der Waals surface area contributed by atoms with E-state index >= 15 is 0 Å². The van der Waals surface area contributed by atoms with Gasteiger partial charge in [-0.3, -0.25) is 4.79 Å². The summed E-state index contributed by atoms with van der Waals surface area (Å²) in [6.45, 7) is 0.441. The number of hydrogen-bond donors (Lipinski definition) is 2. The van der Waals surface area contributed by atoms with Crippen molar-refractivity contribution >= 4 is 29.0 Å². The Balaban J connectivity index is 1.73. The van der Waals surface area contributed by atoms with Crippen LogP contribution < -0.4 is 16.0 Å². The van der Waals surface area contributed by atoms with E-state index < -0.39 is 11.7 Å². The molecule has 1 fully saturated rings. The summed E-state index contributed by atoms with van der Waals surface area (Å²) in [7, 11) is 3.69. The van der Waals surface area contributed by atoms with E-state index in [2.05, 4.69) is 20.2 Å². The second kappa shape index (κ2) is 7.95. The van der Waals surface area contributed by atoms with Gasteiger partial charge in [0.25, 0.3) is 0 Å². The first-order chi connectivity index (χ1) is 14.3. The van der Waals surface area contributed by atoms with Crippen molar-refractivity contribution in [3.8, 4) is 11.4 Å². The lowest BCUT2D eigenvalue weighted by Gasteiger charge is -2.27. The Bertz CT molecular complexity index is 1060. The van der Waals surface area contributed by atoms with Gasteiger partial charge in [0.1, 0.15) is 5.82 Å². The largest absolute Gasteiger partial charge is 0.373 e. The summed E-state index contributed by atoms with van der Waals surface area (Å²) in [5.74, 6) is -0.349. The van der Waals surface area contributed by atoms with E-state index in [1.165, 1.54) is 18.2 Å². The highest BCUT2D eigenvalue weighted by molar-refractivity contribution is 6.30. The van der Waals surface area contributed by atoms with Crippen molar-refractivity contribution < 1.29 is 9.18 Å². The van der Waals surface area contributed by atoms with Gasteiger partial charge in [0.05, 0.1) is 35.3 Å². The van der Waals surface area contributed by atoms with Crippen LogP contribution in [-0.4, -0.2) is 47.5 Å². The molecule has 1 aliphatic carbocycles. The summed E-state index contributed by atoms with van der Waals surface area (Å²) in [6.07, 6.45) is 7.61. The maximum Gasteiger partial charge on any atom is 0.248 e. The van der Waals surface area contributed by atoms with E-state index in [-0.39, 0.29) is 11.4 Å². The second-order valence-electron chi connectivity index (χ2n) is 7.55. The molecule has 0 spiro atoms. The van der Waals surface area contributed by atoms with Crippen LogP contribution in [0.1, 0.15) is 12.8 Å². The zero-order valence-electron chi connectivity index (χ0n) is 16.7. The minimum absolute atomic E-state index is 0.184. The van der Waals surface area contributed by atoms with Gasteiger partial charge in [-0.25, -0.2) is 14.4 Å². The fourth-order valence-electron chi connectivity index (χ4n) is 3.30. The van der Waals surface area contributed by atoms with Crippen LogP contribution in [-0.2, 0) is 4.79 Å². The van der Waals surface area contributed by atoms with Crippen LogP contribution in [0.2, 0.25) is 5.02 Å². The van der Waals surface area contributed by atoms with E-state index in [1.54, 1.807) is 6.20 Å². The van der Waals surface area contributed by atoms with Crippen LogP contribution in [0.4, 0.5) is 15.9 Å². The number of rotatable bonds is 6. The minimum Gasteiger partial charge on any atom is -0.373 e. The third-order valence-electron chi connectivity index (χ3n) is 5.09. The van der Waals surface area contributed by atoms with Crippen molar-refractivity contribution in [2.24, 2.45) is 5.73 Å². The van der Waals surface area contributed by atoms with Crippen molar-refractivity contribution in [1.29, 1.82) is 0 Å². The Morgan fingerprint density at radius 2 is 2.13 bits per heavy atom. The van der Waals surface area contributed by atoms with Gasteiger partial charge < -0.3 is 20.9 Å². The number of nitrogens with one attached hydrogen (secondary N) is 1. The van der Waals surface area contributed by atoms with Crippen LogP contribution in [0.5, 0.6) is 0 Å². The topological polar surface area (TPSA) is 87.4 Å². The summed E-state index contributed by atoms with van der Waals surface area (Å²) in [5.41, 5.74) is 7.56. The fraction of sp³-hybridized carbons (Fsp3) is 0.286. The molecule has 30 heavy (non-hydrogen) atoms. The molecular formula is C21H22ClFN6O. The second-order valence-corrected chi connectivity index (χ2v) is 7.98. The zero-order valence-corrected chi connectivity index (χ0v) is 17.4. The maximum absolute atomic E-state index is 14.3. The van der Waals surface area contributed by atoms with Gasteiger partial charge in [-0.1, -0.05) is 11.6 Å². The van der Waals surface area contributed by atoms with Gasteiger partial charge >= 0.3 is 0 Å². The smallest absolute Gasteiger partial charge is 0.248 e. The highest BCUT2D eigenvalue weighted by Gasteiger charge is 2.31. The summed E-state index contributed by atoms with van der Waals surface area (Å²) >= 11 is 6.02. The Labute approximate surface area is 179 Å². The molecule has 156 valence electrons. The van der Waals surface area contributed by atoms with Crippen LogP contribution >= 0.6 is 11.6 Å². The van der Waals surface area contributed by atoms with Crippen molar-refractivity contribution in [2.45, 2.75) is 18.9 Å².